The molecule has 0 spiro atoms. The molecule has 0 amide bonds. The first-order chi connectivity index (χ1) is 9.47. The molecule has 0 aliphatic heterocycles. The van der Waals surface area contributed by atoms with E-state index in [1.165, 1.54) is 0 Å². The standard InChI is InChI=1S/C17H19NO2/c1-11-4-6-13(3)14(8-11)16(19)10-20-17-7-5-12(2)9-15(17)18/h4-9H,10,18H2,1-3H3. The Morgan fingerprint density at radius 1 is 1.05 bits per heavy atom. The van der Waals surface area contributed by atoms with Crippen molar-refractivity contribution in [2.75, 3.05) is 12.3 Å². The molecular weight excluding hydrogens is 250 g/mol. The number of carbonyl (C=O) groups excluding carboxylic acids is 1. The molecule has 0 unspecified atom stereocenters. The van der Waals surface area contributed by atoms with Crippen molar-refractivity contribution < 1.29 is 9.53 Å². The Morgan fingerprint density at radius 2 is 1.70 bits per heavy atom. The van der Waals surface area contributed by atoms with Crippen molar-refractivity contribution in [2.24, 2.45) is 0 Å². The Hall–Kier alpha value is -2.29. The third-order valence-electron chi connectivity index (χ3n) is 3.22. The number of ether oxygens (including phenoxy) is 1. The van der Waals surface area contributed by atoms with Crippen LogP contribution in [0, 0.1) is 20.8 Å². The summed E-state index contributed by atoms with van der Waals surface area (Å²) in [6.45, 7) is 5.85. The number of nitrogens with two attached hydrogens (primary N) is 1. The van der Waals surface area contributed by atoms with Gasteiger partial charge in [0.15, 0.2) is 12.4 Å². The SMILES string of the molecule is Cc1ccc(OCC(=O)c2cc(C)ccc2C)c(N)c1. The highest BCUT2D eigenvalue weighted by Gasteiger charge is 2.11. The lowest BCUT2D eigenvalue weighted by molar-refractivity contribution is 0.0921. The van der Waals surface area contributed by atoms with E-state index in [2.05, 4.69) is 0 Å². The second-order valence-electron chi connectivity index (χ2n) is 5.07. The van der Waals surface area contributed by atoms with Gasteiger partial charge in [0.05, 0.1) is 5.69 Å². The van der Waals surface area contributed by atoms with Crippen molar-refractivity contribution in [1.82, 2.24) is 0 Å². The molecule has 3 heteroatoms. The largest absolute Gasteiger partial charge is 0.483 e. The van der Waals surface area contributed by atoms with Crippen LogP contribution in [-0.4, -0.2) is 12.4 Å². The van der Waals surface area contributed by atoms with Gasteiger partial charge in [-0.2, -0.15) is 0 Å². The number of ketones is 1. The van der Waals surface area contributed by atoms with Crippen LogP contribution in [0.5, 0.6) is 5.75 Å². The maximum absolute atomic E-state index is 12.2. The number of hydrogen-bond donors (Lipinski definition) is 1. The molecule has 0 aliphatic carbocycles. The normalized spacial score (nSPS) is 10.3. The van der Waals surface area contributed by atoms with Crippen LogP contribution in [-0.2, 0) is 0 Å². The summed E-state index contributed by atoms with van der Waals surface area (Å²) in [6.07, 6.45) is 0. The number of Topliss-reactive ketones (excluding diaryl/α,β-unsaturated/α-hetero) is 1. The molecule has 0 atom stereocenters. The van der Waals surface area contributed by atoms with E-state index in [-0.39, 0.29) is 12.4 Å². The molecule has 0 aliphatic rings. The Balaban J connectivity index is 2.10. The number of benzene rings is 2. The summed E-state index contributed by atoms with van der Waals surface area (Å²) in [7, 11) is 0. The van der Waals surface area contributed by atoms with Crippen molar-refractivity contribution >= 4 is 11.5 Å². The van der Waals surface area contributed by atoms with Crippen LogP contribution in [0.15, 0.2) is 36.4 Å². The van der Waals surface area contributed by atoms with E-state index in [0.717, 1.165) is 16.7 Å². The third kappa shape index (κ3) is 3.18. The number of aryl methyl sites for hydroxylation is 3. The summed E-state index contributed by atoms with van der Waals surface area (Å²) in [5.74, 6) is 0.514. The number of hydrogen-bond acceptors (Lipinski definition) is 3. The topological polar surface area (TPSA) is 52.3 Å². The summed E-state index contributed by atoms with van der Waals surface area (Å²) >= 11 is 0. The first-order valence-electron chi connectivity index (χ1n) is 6.57. The maximum atomic E-state index is 12.2. The van der Waals surface area contributed by atoms with Crippen molar-refractivity contribution in [3.8, 4) is 5.75 Å². The Labute approximate surface area is 119 Å². The zero-order chi connectivity index (χ0) is 14.7. The quantitative estimate of drug-likeness (QED) is 0.683. The smallest absolute Gasteiger partial charge is 0.200 e. The molecule has 20 heavy (non-hydrogen) atoms. The molecule has 0 heterocycles. The van der Waals surface area contributed by atoms with Gasteiger partial charge in [-0.25, -0.2) is 0 Å². The minimum atomic E-state index is -0.0359. The average Bonchev–Trinajstić information content (AvgIpc) is 2.40. The number of nitrogen functional groups attached to an aromatic ring is 1. The van der Waals surface area contributed by atoms with Gasteiger partial charge in [0.1, 0.15) is 5.75 Å². The van der Waals surface area contributed by atoms with Gasteiger partial charge < -0.3 is 10.5 Å². The van der Waals surface area contributed by atoms with E-state index in [1.807, 2.05) is 51.1 Å². The highest BCUT2D eigenvalue weighted by atomic mass is 16.5. The minimum Gasteiger partial charge on any atom is -0.483 e. The van der Waals surface area contributed by atoms with Crippen molar-refractivity contribution in [2.45, 2.75) is 20.8 Å². The van der Waals surface area contributed by atoms with Crippen molar-refractivity contribution in [1.29, 1.82) is 0 Å². The van der Waals surface area contributed by atoms with Crippen LogP contribution < -0.4 is 10.5 Å². The average molecular weight is 269 g/mol. The van der Waals surface area contributed by atoms with Crippen LogP contribution in [0.1, 0.15) is 27.0 Å². The minimum absolute atomic E-state index is 0.00243. The van der Waals surface area contributed by atoms with Gasteiger partial charge in [-0.05, 0) is 50.1 Å². The first kappa shape index (κ1) is 14.1. The zero-order valence-corrected chi connectivity index (χ0v) is 12.1. The van der Waals surface area contributed by atoms with E-state index >= 15 is 0 Å². The monoisotopic (exact) mass is 269 g/mol. The molecular formula is C17H19NO2. The fourth-order valence-electron chi connectivity index (χ4n) is 2.06. The lowest BCUT2D eigenvalue weighted by Gasteiger charge is -2.10. The van der Waals surface area contributed by atoms with Crippen LogP contribution in [0.25, 0.3) is 0 Å². The van der Waals surface area contributed by atoms with Crippen LogP contribution in [0.4, 0.5) is 5.69 Å². The fourth-order valence-corrected chi connectivity index (χ4v) is 2.06. The molecule has 0 saturated heterocycles. The molecule has 2 N–H and O–H groups in total. The van der Waals surface area contributed by atoms with Gasteiger partial charge in [-0.3, -0.25) is 4.79 Å². The summed E-state index contributed by atoms with van der Waals surface area (Å²) in [6, 6.07) is 11.4. The molecule has 0 saturated carbocycles. The summed E-state index contributed by atoms with van der Waals surface area (Å²) < 4.78 is 5.53. The lowest BCUT2D eigenvalue weighted by atomic mass is 10.0. The molecule has 0 fully saturated rings. The Kier molecular flexibility index (Phi) is 4.08. The van der Waals surface area contributed by atoms with Crippen molar-refractivity contribution in [3.05, 3.63) is 58.7 Å². The molecule has 3 nitrogen and oxygen atoms in total. The van der Waals surface area contributed by atoms with Gasteiger partial charge >= 0.3 is 0 Å². The second kappa shape index (κ2) is 5.78. The molecule has 0 radical (unpaired) electrons. The van der Waals surface area contributed by atoms with Crippen LogP contribution >= 0.6 is 0 Å². The van der Waals surface area contributed by atoms with E-state index in [1.54, 1.807) is 6.07 Å². The van der Waals surface area contributed by atoms with E-state index in [9.17, 15) is 4.79 Å². The van der Waals surface area contributed by atoms with Crippen molar-refractivity contribution in [3.63, 3.8) is 0 Å². The van der Waals surface area contributed by atoms with Crippen LogP contribution in [0.2, 0.25) is 0 Å². The molecule has 104 valence electrons. The Morgan fingerprint density at radius 3 is 2.40 bits per heavy atom. The van der Waals surface area contributed by atoms with Gasteiger partial charge in [0, 0.05) is 5.56 Å². The highest BCUT2D eigenvalue weighted by molar-refractivity contribution is 5.98. The number of anilines is 1. The van der Waals surface area contributed by atoms with E-state index in [4.69, 9.17) is 10.5 Å². The number of rotatable bonds is 4. The van der Waals surface area contributed by atoms with Gasteiger partial charge in [-0.15, -0.1) is 0 Å². The fraction of sp³-hybridized carbons (Fsp3) is 0.235. The predicted octanol–water partition coefficient (Wildman–Crippen LogP) is 3.46. The van der Waals surface area contributed by atoms with Gasteiger partial charge in [-0.1, -0.05) is 23.8 Å². The van der Waals surface area contributed by atoms with Gasteiger partial charge in [0.25, 0.3) is 0 Å². The second-order valence-corrected chi connectivity index (χ2v) is 5.07. The predicted molar refractivity (Wildman–Crippen MR) is 81.3 cm³/mol. The summed E-state index contributed by atoms with van der Waals surface area (Å²) in [5.41, 5.74) is 10.2. The zero-order valence-electron chi connectivity index (χ0n) is 12.1. The van der Waals surface area contributed by atoms with Crippen LogP contribution in [0.3, 0.4) is 0 Å². The molecule has 2 aromatic carbocycles. The third-order valence-corrected chi connectivity index (χ3v) is 3.22. The summed E-state index contributed by atoms with van der Waals surface area (Å²) in [5, 5.41) is 0. The van der Waals surface area contributed by atoms with Gasteiger partial charge in [0.2, 0.25) is 0 Å². The summed E-state index contributed by atoms with van der Waals surface area (Å²) in [4.78, 5) is 12.2. The molecule has 0 bridgehead atoms. The van der Waals surface area contributed by atoms with E-state index < -0.39 is 0 Å². The molecule has 0 aromatic heterocycles. The highest BCUT2D eigenvalue weighted by Crippen LogP contribution is 2.22. The lowest BCUT2D eigenvalue weighted by Crippen LogP contribution is -2.13. The van der Waals surface area contributed by atoms with E-state index in [0.29, 0.717) is 17.0 Å². The first-order valence-corrected chi connectivity index (χ1v) is 6.57. The number of carbonyl (C=O) groups is 1. The Bertz CT molecular complexity index is 647. The molecule has 2 rings (SSSR count). The maximum Gasteiger partial charge on any atom is 0.200 e. The molecule has 2 aromatic rings.